The molecule has 0 saturated heterocycles. The van der Waals surface area contributed by atoms with Crippen molar-refractivity contribution in [2.45, 2.75) is 39.0 Å². The number of hydrogen-bond donors (Lipinski definition) is 1. The zero-order valence-electron chi connectivity index (χ0n) is 14.3. The van der Waals surface area contributed by atoms with Crippen LogP contribution in [0.1, 0.15) is 48.7 Å². The maximum atomic E-state index is 12.2. The van der Waals surface area contributed by atoms with Crippen LogP contribution in [0.15, 0.2) is 42.5 Å². The minimum atomic E-state index is -0.0593. The van der Waals surface area contributed by atoms with Crippen LogP contribution < -0.4 is 5.32 Å². The third-order valence-electron chi connectivity index (χ3n) is 4.50. The molecule has 0 heterocycles. The highest BCUT2D eigenvalue weighted by molar-refractivity contribution is 6.42. The number of amides is 1. The Morgan fingerprint density at radius 3 is 2.29 bits per heavy atom. The third-order valence-corrected chi connectivity index (χ3v) is 5.23. The molecule has 0 unspecified atom stereocenters. The van der Waals surface area contributed by atoms with Gasteiger partial charge in [0.2, 0.25) is 0 Å². The largest absolute Gasteiger partial charge is 0.352 e. The Morgan fingerprint density at radius 1 is 1.04 bits per heavy atom. The van der Waals surface area contributed by atoms with E-state index in [0.29, 0.717) is 28.6 Å². The first-order valence-electron chi connectivity index (χ1n) is 8.16. The first-order valence-corrected chi connectivity index (χ1v) is 8.92. The fourth-order valence-electron chi connectivity index (χ4n) is 2.39. The van der Waals surface area contributed by atoms with Gasteiger partial charge in [-0.3, -0.25) is 4.79 Å². The van der Waals surface area contributed by atoms with Crippen LogP contribution in [0.25, 0.3) is 0 Å². The van der Waals surface area contributed by atoms with Gasteiger partial charge < -0.3 is 5.32 Å². The summed E-state index contributed by atoms with van der Waals surface area (Å²) in [5, 5.41) is 4.02. The van der Waals surface area contributed by atoms with E-state index in [-0.39, 0.29) is 11.3 Å². The lowest BCUT2D eigenvalue weighted by Crippen LogP contribution is -2.26. The lowest BCUT2D eigenvalue weighted by Gasteiger charge is -2.23. The summed E-state index contributed by atoms with van der Waals surface area (Å²) in [6.07, 6.45) is 1.77. The van der Waals surface area contributed by atoms with Crippen molar-refractivity contribution in [3.63, 3.8) is 0 Å². The predicted octanol–water partition coefficient (Wildman–Crippen LogP) is 5.65. The highest BCUT2D eigenvalue weighted by Gasteiger charge is 2.18. The molecule has 0 aliphatic rings. The standard InChI is InChI=1S/C20H23Cl2NO/c1-4-20(2,3)16-8-6-15(7-9-16)19(24)23-12-11-14-5-10-17(21)18(22)13-14/h5-10,13H,4,11-12H2,1-3H3,(H,23,24). The van der Waals surface area contributed by atoms with Crippen molar-refractivity contribution >= 4 is 29.1 Å². The highest BCUT2D eigenvalue weighted by atomic mass is 35.5. The van der Waals surface area contributed by atoms with E-state index in [1.54, 1.807) is 6.07 Å². The van der Waals surface area contributed by atoms with Gasteiger partial charge in [0, 0.05) is 12.1 Å². The fraction of sp³-hybridized carbons (Fsp3) is 0.350. The SMILES string of the molecule is CCC(C)(C)c1ccc(C(=O)NCCc2ccc(Cl)c(Cl)c2)cc1. The Bertz CT molecular complexity index is 708. The van der Waals surface area contributed by atoms with Crippen molar-refractivity contribution in [2.75, 3.05) is 6.54 Å². The van der Waals surface area contributed by atoms with Crippen LogP contribution in [-0.2, 0) is 11.8 Å². The maximum absolute atomic E-state index is 12.2. The van der Waals surface area contributed by atoms with Crippen LogP contribution in [0, 0.1) is 0 Å². The summed E-state index contributed by atoms with van der Waals surface area (Å²) in [4.78, 5) is 12.2. The van der Waals surface area contributed by atoms with Crippen molar-refractivity contribution in [1.82, 2.24) is 5.32 Å². The van der Waals surface area contributed by atoms with Gasteiger partial charge >= 0.3 is 0 Å². The van der Waals surface area contributed by atoms with Gasteiger partial charge in [0.1, 0.15) is 0 Å². The van der Waals surface area contributed by atoms with Crippen LogP contribution in [0.4, 0.5) is 0 Å². The molecule has 0 atom stereocenters. The van der Waals surface area contributed by atoms with Gasteiger partial charge in [-0.25, -0.2) is 0 Å². The normalized spacial score (nSPS) is 11.4. The molecule has 0 fully saturated rings. The molecule has 1 amide bonds. The van der Waals surface area contributed by atoms with Crippen LogP contribution in [-0.4, -0.2) is 12.5 Å². The number of halogens is 2. The van der Waals surface area contributed by atoms with E-state index in [1.807, 2.05) is 36.4 Å². The Kier molecular flexibility index (Phi) is 6.31. The number of nitrogens with one attached hydrogen (secondary N) is 1. The Balaban J connectivity index is 1.91. The molecule has 2 rings (SSSR count). The van der Waals surface area contributed by atoms with Gasteiger partial charge in [0.15, 0.2) is 0 Å². The van der Waals surface area contributed by atoms with E-state index in [2.05, 4.69) is 26.1 Å². The third kappa shape index (κ3) is 4.75. The Morgan fingerprint density at radius 2 is 1.71 bits per heavy atom. The van der Waals surface area contributed by atoms with E-state index < -0.39 is 0 Å². The van der Waals surface area contributed by atoms with Crippen molar-refractivity contribution in [3.8, 4) is 0 Å². The van der Waals surface area contributed by atoms with Crippen LogP contribution >= 0.6 is 23.2 Å². The molecule has 0 bridgehead atoms. The summed E-state index contributed by atoms with van der Waals surface area (Å²) >= 11 is 11.9. The maximum Gasteiger partial charge on any atom is 0.251 e. The van der Waals surface area contributed by atoms with E-state index in [1.165, 1.54) is 5.56 Å². The average Bonchev–Trinajstić information content (AvgIpc) is 2.58. The Labute approximate surface area is 154 Å². The first kappa shape index (κ1) is 18.8. The van der Waals surface area contributed by atoms with E-state index in [9.17, 15) is 4.79 Å². The number of rotatable bonds is 6. The quantitative estimate of drug-likeness (QED) is 0.705. The van der Waals surface area contributed by atoms with Gasteiger partial charge in [-0.2, -0.15) is 0 Å². The number of carbonyl (C=O) groups excluding carboxylic acids is 1. The van der Waals surface area contributed by atoms with Crippen molar-refractivity contribution in [3.05, 3.63) is 69.2 Å². The minimum absolute atomic E-state index is 0.0593. The molecular formula is C20H23Cl2NO. The molecule has 0 saturated carbocycles. The summed E-state index contributed by atoms with van der Waals surface area (Å²) < 4.78 is 0. The van der Waals surface area contributed by atoms with Gasteiger partial charge in [0.05, 0.1) is 10.0 Å². The molecule has 0 aromatic heterocycles. The molecule has 0 spiro atoms. The summed E-state index contributed by atoms with van der Waals surface area (Å²) in [5.41, 5.74) is 3.10. The lowest BCUT2D eigenvalue weighted by molar-refractivity contribution is 0.0954. The molecule has 2 nitrogen and oxygen atoms in total. The molecule has 4 heteroatoms. The van der Waals surface area contributed by atoms with Gasteiger partial charge in [0.25, 0.3) is 5.91 Å². The second kappa shape index (κ2) is 8.04. The fourth-order valence-corrected chi connectivity index (χ4v) is 2.72. The highest BCUT2D eigenvalue weighted by Crippen LogP contribution is 2.26. The zero-order chi connectivity index (χ0) is 17.7. The van der Waals surface area contributed by atoms with E-state index >= 15 is 0 Å². The predicted molar refractivity (Wildman–Crippen MR) is 102 cm³/mol. The zero-order valence-corrected chi connectivity index (χ0v) is 15.8. The van der Waals surface area contributed by atoms with Gasteiger partial charge in [-0.05, 0) is 53.6 Å². The van der Waals surface area contributed by atoms with Gasteiger partial charge in [-0.15, -0.1) is 0 Å². The van der Waals surface area contributed by atoms with Gasteiger partial charge in [-0.1, -0.05) is 62.2 Å². The van der Waals surface area contributed by atoms with Crippen molar-refractivity contribution in [2.24, 2.45) is 0 Å². The topological polar surface area (TPSA) is 29.1 Å². The second-order valence-electron chi connectivity index (χ2n) is 6.57. The summed E-state index contributed by atoms with van der Waals surface area (Å²) in [7, 11) is 0. The summed E-state index contributed by atoms with van der Waals surface area (Å²) in [5.74, 6) is -0.0593. The number of hydrogen-bond acceptors (Lipinski definition) is 1. The average molecular weight is 364 g/mol. The molecule has 1 N–H and O–H groups in total. The lowest BCUT2D eigenvalue weighted by atomic mass is 9.82. The summed E-state index contributed by atoms with van der Waals surface area (Å²) in [6.45, 7) is 7.14. The smallest absolute Gasteiger partial charge is 0.251 e. The molecule has 2 aromatic carbocycles. The monoisotopic (exact) mass is 363 g/mol. The minimum Gasteiger partial charge on any atom is -0.352 e. The number of carbonyl (C=O) groups is 1. The molecular weight excluding hydrogens is 341 g/mol. The van der Waals surface area contributed by atoms with Crippen molar-refractivity contribution in [1.29, 1.82) is 0 Å². The van der Waals surface area contributed by atoms with Crippen LogP contribution in [0.3, 0.4) is 0 Å². The molecule has 2 aromatic rings. The molecule has 0 aliphatic carbocycles. The van der Waals surface area contributed by atoms with Crippen molar-refractivity contribution < 1.29 is 4.79 Å². The second-order valence-corrected chi connectivity index (χ2v) is 7.38. The molecule has 0 radical (unpaired) electrons. The Hall–Kier alpha value is -1.51. The van der Waals surface area contributed by atoms with Crippen LogP contribution in [0.5, 0.6) is 0 Å². The molecule has 128 valence electrons. The van der Waals surface area contributed by atoms with Crippen LogP contribution in [0.2, 0.25) is 10.0 Å². The number of benzene rings is 2. The summed E-state index contributed by atoms with van der Waals surface area (Å²) in [6, 6.07) is 13.4. The first-order chi connectivity index (χ1) is 11.3. The molecule has 24 heavy (non-hydrogen) atoms. The van der Waals surface area contributed by atoms with E-state index in [0.717, 1.165) is 12.0 Å². The van der Waals surface area contributed by atoms with E-state index in [4.69, 9.17) is 23.2 Å². The molecule has 0 aliphatic heterocycles.